The monoisotopic (exact) mass is 276 g/mol. The maximum Gasteiger partial charge on any atom is 0.253 e. The van der Waals surface area contributed by atoms with E-state index >= 15 is 0 Å². The van der Waals surface area contributed by atoms with Gasteiger partial charge in [-0.2, -0.15) is 0 Å². The Balaban J connectivity index is 1.85. The number of aryl methyl sites for hydroxylation is 1. The van der Waals surface area contributed by atoms with Crippen molar-refractivity contribution in [3.05, 3.63) is 46.1 Å². The largest absolute Gasteiger partial charge is 0.360 e. The minimum atomic E-state index is -0.465. The van der Waals surface area contributed by atoms with E-state index in [9.17, 15) is 14.4 Å². The van der Waals surface area contributed by atoms with Crippen LogP contribution >= 0.6 is 0 Å². The molecule has 8 heteroatoms. The summed E-state index contributed by atoms with van der Waals surface area (Å²) in [7, 11) is 0. The highest BCUT2D eigenvalue weighted by molar-refractivity contribution is 5.98. The molecule has 0 fully saturated rings. The Morgan fingerprint density at radius 3 is 2.80 bits per heavy atom. The molecule has 2 amide bonds. The molecule has 0 bridgehead atoms. The Morgan fingerprint density at radius 1 is 1.40 bits per heavy atom. The van der Waals surface area contributed by atoms with Gasteiger partial charge in [0.15, 0.2) is 5.82 Å². The molecule has 0 spiro atoms. The normalized spacial score (nSPS) is 10.1. The second-order valence-electron chi connectivity index (χ2n) is 4.00. The van der Waals surface area contributed by atoms with Gasteiger partial charge in [-0.1, -0.05) is 5.16 Å². The number of hydrogen-bond donors (Lipinski definition) is 3. The SMILES string of the molecule is Cc1cc(NC(=O)CNC(=O)c2ccc(=O)[nH]c2)no1. The number of nitrogens with zero attached hydrogens (tertiary/aromatic N) is 1. The number of carbonyl (C=O) groups is 2. The fourth-order valence-corrected chi connectivity index (χ4v) is 1.43. The average Bonchev–Trinajstić information content (AvgIpc) is 2.82. The van der Waals surface area contributed by atoms with E-state index in [-0.39, 0.29) is 23.5 Å². The van der Waals surface area contributed by atoms with Gasteiger partial charge in [0.1, 0.15) is 5.76 Å². The summed E-state index contributed by atoms with van der Waals surface area (Å²) in [5.74, 6) is -0.0489. The molecule has 0 radical (unpaired) electrons. The van der Waals surface area contributed by atoms with Crippen molar-refractivity contribution >= 4 is 17.6 Å². The Labute approximate surface area is 113 Å². The summed E-state index contributed by atoms with van der Waals surface area (Å²) in [4.78, 5) is 36.4. The van der Waals surface area contributed by atoms with Gasteiger partial charge in [0.05, 0.1) is 12.1 Å². The molecule has 20 heavy (non-hydrogen) atoms. The number of H-pyrrole nitrogens is 1. The van der Waals surface area contributed by atoms with E-state index in [0.29, 0.717) is 5.76 Å². The van der Waals surface area contributed by atoms with Gasteiger partial charge in [0.2, 0.25) is 11.5 Å². The van der Waals surface area contributed by atoms with Crippen LogP contribution in [0.2, 0.25) is 0 Å². The molecule has 0 saturated carbocycles. The number of amides is 2. The number of carbonyl (C=O) groups excluding carboxylic acids is 2. The molecule has 0 aliphatic heterocycles. The van der Waals surface area contributed by atoms with E-state index < -0.39 is 11.8 Å². The molecule has 8 nitrogen and oxygen atoms in total. The first-order valence-electron chi connectivity index (χ1n) is 5.75. The molecule has 104 valence electrons. The number of rotatable bonds is 4. The van der Waals surface area contributed by atoms with Gasteiger partial charge in [0, 0.05) is 18.3 Å². The van der Waals surface area contributed by atoms with Gasteiger partial charge in [-0.25, -0.2) is 0 Å². The third kappa shape index (κ3) is 3.55. The number of pyridine rings is 1. The molecular formula is C12H12N4O4. The van der Waals surface area contributed by atoms with Crippen LogP contribution in [-0.4, -0.2) is 28.5 Å². The maximum absolute atomic E-state index is 11.7. The zero-order valence-electron chi connectivity index (χ0n) is 10.6. The molecular weight excluding hydrogens is 264 g/mol. The highest BCUT2D eigenvalue weighted by Crippen LogP contribution is 2.06. The number of aromatic nitrogens is 2. The van der Waals surface area contributed by atoms with Crippen molar-refractivity contribution < 1.29 is 14.1 Å². The predicted octanol–water partition coefficient (Wildman–Crippen LogP) is 0.0398. The lowest BCUT2D eigenvalue weighted by atomic mass is 10.2. The fraction of sp³-hybridized carbons (Fsp3) is 0.167. The topological polar surface area (TPSA) is 117 Å². The summed E-state index contributed by atoms with van der Waals surface area (Å²) in [5, 5.41) is 8.47. The second-order valence-corrected chi connectivity index (χ2v) is 4.00. The average molecular weight is 276 g/mol. The van der Waals surface area contributed by atoms with Crippen LogP contribution in [0.5, 0.6) is 0 Å². The third-order valence-corrected chi connectivity index (χ3v) is 2.35. The number of aromatic amines is 1. The summed E-state index contributed by atoms with van der Waals surface area (Å²) in [5.41, 5.74) is -0.0459. The van der Waals surface area contributed by atoms with Crippen LogP contribution in [0.15, 0.2) is 33.7 Å². The fourth-order valence-electron chi connectivity index (χ4n) is 1.43. The van der Waals surface area contributed by atoms with Crippen LogP contribution in [-0.2, 0) is 4.79 Å². The van der Waals surface area contributed by atoms with Crippen molar-refractivity contribution in [2.24, 2.45) is 0 Å². The van der Waals surface area contributed by atoms with Crippen LogP contribution < -0.4 is 16.2 Å². The van der Waals surface area contributed by atoms with Crippen LogP contribution in [0.1, 0.15) is 16.1 Å². The Morgan fingerprint density at radius 2 is 2.20 bits per heavy atom. The van der Waals surface area contributed by atoms with Crippen molar-refractivity contribution in [1.29, 1.82) is 0 Å². The van der Waals surface area contributed by atoms with E-state index in [2.05, 4.69) is 20.8 Å². The van der Waals surface area contributed by atoms with Crippen LogP contribution in [0.4, 0.5) is 5.82 Å². The van der Waals surface area contributed by atoms with Gasteiger partial charge in [-0.3, -0.25) is 14.4 Å². The van der Waals surface area contributed by atoms with Crippen molar-refractivity contribution in [3.63, 3.8) is 0 Å². The van der Waals surface area contributed by atoms with Gasteiger partial charge >= 0.3 is 0 Å². The van der Waals surface area contributed by atoms with Crippen LogP contribution in [0.3, 0.4) is 0 Å². The highest BCUT2D eigenvalue weighted by Gasteiger charge is 2.09. The van der Waals surface area contributed by atoms with Crippen molar-refractivity contribution in [1.82, 2.24) is 15.5 Å². The molecule has 2 aromatic rings. The zero-order chi connectivity index (χ0) is 14.5. The standard InChI is InChI=1S/C12H12N4O4/c1-7-4-9(16-20-7)15-11(18)6-14-12(19)8-2-3-10(17)13-5-8/h2-5H,6H2,1H3,(H,13,17)(H,14,19)(H,15,16,18). The summed E-state index contributed by atoms with van der Waals surface area (Å²) in [6, 6.07) is 4.15. The van der Waals surface area contributed by atoms with Crippen molar-refractivity contribution in [2.75, 3.05) is 11.9 Å². The molecule has 0 aliphatic carbocycles. The second kappa shape index (κ2) is 5.83. The van der Waals surface area contributed by atoms with Crippen LogP contribution in [0.25, 0.3) is 0 Å². The predicted molar refractivity (Wildman–Crippen MR) is 69.3 cm³/mol. The Hall–Kier alpha value is -2.90. The molecule has 0 saturated heterocycles. The first-order chi connectivity index (χ1) is 9.54. The maximum atomic E-state index is 11.7. The first-order valence-corrected chi connectivity index (χ1v) is 5.75. The summed E-state index contributed by atoms with van der Waals surface area (Å²) in [6.07, 6.45) is 1.27. The molecule has 0 aliphatic rings. The minimum Gasteiger partial charge on any atom is -0.360 e. The summed E-state index contributed by atoms with van der Waals surface area (Å²) >= 11 is 0. The van der Waals surface area contributed by atoms with Crippen LogP contribution in [0, 0.1) is 6.92 Å². The zero-order valence-corrected chi connectivity index (χ0v) is 10.6. The van der Waals surface area contributed by atoms with E-state index in [0.717, 1.165) is 0 Å². The summed E-state index contributed by atoms with van der Waals surface area (Å²) in [6.45, 7) is 1.48. The first kappa shape index (κ1) is 13.5. The van der Waals surface area contributed by atoms with Gasteiger partial charge in [-0.05, 0) is 13.0 Å². The smallest absolute Gasteiger partial charge is 0.253 e. The van der Waals surface area contributed by atoms with Crippen molar-refractivity contribution in [3.8, 4) is 0 Å². The summed E-state index contributed by atoms with van der Waals surface area (Å²) < 4.78 is 4.79. The van der Waals surface area contributed by atoms with E-state index in [1.54, 1.807) is 13.0 Å². The lowest BCUT2D eigenvalue weighted by Crippen LogP contribution is -2.33. The highest BCUT2D eigenvalue weighted by atomic mass is 16.5. The Bertz CT molecular complexity index is 668. The van der Waals surface area contributed by atoms with Gasteiger partial charge in [0.25, 0.3) is 5.91 Å². The molecule has 0 atom stereocenters. The van der Waals surface area contributed by atoms with E-state index in [1.165, 1.54) is 18.3 Å². The van der Waals surface area contributed by atoms with Gasteiger partial charge < -0.3 is 20.1 Å². The molecule has 0 aromatic carbocycles. The molecule has 2 aromatic heterocycles. The molecule has 3 N–H and O–H groups in total. The molecule has 0 unspecified atom stereocenters. The quantitative estimate of drug-likeness (QED) is 0.728. The Kier molecular flexibility index (Phi) is 3.94. The van der Waals surface area contributed by atoms with Crippen molar-refractivity contribution in [2.45, 2.75) is 6.92 Å². The third-order valence-electron chi connectivity index (χ3n) is 2.35. The number of anilines is 1. The van der Waals surface area contributed by atoms with E-state index in [4.69, 9.17) is 4.52 Å². The lowest BCUT2D eigenvalue weighted by Gasteiger charge is -2.04. The minimum absolute atomic E-state index is 0.218. The van der Waals surface area contributed by atoms with Gasteiger partial charge in [-0.15, -0.1) is 0 Å². The molecule has 2 rings (SSSR count). The number of hydrogen-bond acceptors (Lipinski definition) is 5. The number of nitrogens with one attached hydrogen (secondary N) is 3. The lowest BCUT2D eigenvalue weighted by molar-refractivity contribution is -0.115. The van der Waals surface area contributed by atoms with E-state index in [1.807, 2.05) is 0 Å². The molecule has 2 heterocycles.